The molecule has 0 fully saturated rings. The van der Waals surface area contributed by atoms with Gasteiger partial charge in [-0.05, 0) is 12.1 Å². The average molecular weight is 209 g/mol. The van der Waals surface area contributed by atoms with Crippen LogP contribution < -0.4 is 5.73 Å². The van der Waals surface area contributed by atoms with Crippen LogP contribution in [0.5, 0.6) is 0 Å². The maximum atomic E-state index is 8.82. The number of hydrogen-bond donors (Lipinski definition) is 1. The van der Waals surface area contributed by atoms with E-state index in [1.807, 2.05) is 12.1 Å². The van der Waals surface area contributed by atoms with Crippen molar-refractivity contribution < 1.29 is 0 Å². The van der Waals surface area contributed by atoms with Gasteiger partial charge in [-0.15, -0.1) is 11.3 Å². The quantitative estimate of drug-likeness (QED) is 0.724. The van der Waals surface area contributed by atoms with E-state index in [1.165, 1.54) is 11.3 Å². The van der Waals surface area contributed by atoms with Crippen LogP contribution >= 0.6 is 22.9 Å². The van der Waals surface area contributed by atoms with Crippen molar-refractivity contribution in [2.75, 3.05) is 5.73 Å². The van der Waals surface area contributed by atoms with Gasteiger partial charge in [0.2, 0.25) is 0 Å². The molecule has 13 heavy (non-hydrogen) atoms. The maximum absolute atomic E-state index is 8.82. The van der Waals surface area contributed by atoms with Crippen molar-refractivity contribution in [3.8, 4) is 6.07 Å². The highest BCUT2D eigenvalue weighted by atomic mass is 35.5. The highest BCUT2D eigenvalue weighted by Gasteiger charge is 2.10. The molecule has 1 aromatic carbocycles. The molecule has 0 amide bonds. The van der Waals surface area contributed by atoms with Gasteiger partial charge in [0.25, 0.3) is 0 Å². The molecule has 0 bridgehead atoms. The lowest BCUT2D eigenvalue weighted by Crippen LogP contribution is -1.78. The molecule has 2 rings (SSSR count). The van der Waals surface area contributed by atoms with E-state index in [2.05, 4.69) is 6.07 Å². The lowest BCUT2D eigenvalue weighted by atomic mass is 10.1. The number of rotatable bonds is 0. The van der Waals surface area contributed by atoms with Gasteiger partial charge < -0.3 is 5.73 Å². The van der Waals surface area contributed by atoms with Gasteiger partial charge in [0.15, 0.2) is 0 Å². The fraction of sp³-hybridized carbons (Fsp3) is 0. The minimum Gasteiger partial charge on any atom is -0.389 e. The van der Waals surface area contributed by atoms with Crippen molar-refractivity contribution in [3.05, 3.63) is 28.8 Å². The van der Waals surface area contributed by atoms with Crippen molar-refractivity contribution in [2.24, 2.45) is 0 Å². The van der Waals surface area contributed by atoms with Crippen molar-refractivity contribution in [2.45, 2.75) is 0 Å². The van der Waals surface area contributed by atoms with Crippen LogP contribution in [0.25, 0.3) is 10.1 Å². The average Bonchev–Trinajstić information content (AvgIpc) is 2.43. The molecule has 0 unspecified atom stereocenters. The van der Waals surface area contributed by atoms with E-state index in [1.54, 1.807) is 6.07 Å². The summed E-state index contributed by atoms with van der Waals surface area (Å²) in [6, 6.07) is 7.56. The van der Waals surface area contributed by atoms with Crippen LogP contribution in [-0.2, 0) is 0 Å². The van der Waals surface area contributed by atoms with Gasteiger partial charge in [0.05, 0.1) is 16.7 Å². The minimum atomic E-state index is 0.497. The molecule has 1 aromatic heterocycles. The van der Waals surface area contributed by atoms with Crippen LogP contribution in [0.3, 0.4) is 0 Å². The summed E-state index contributed by atoms with van der Waals surface area (Å²) < 4.78 is 0.960. The molecule has 0 atom stereocenters. The van der Waals surface area contributed by atoms with Crippen LogP contribution in [0.1, 0.15) is 5.56 Å². The Morgan fingerprint density at radius 1 is 1.46 bits per heavy atom. The zero-order chi connectivity index (χ0) is 9.42. The fourth-order valence-electron chi connectivity index (χ4n) is 1.22. The Kier molecular flexibility index (Phi) is 1.87. The second-order valence-electron chi connectivity index (χ2n) is 2.57. The van der Waals surface area contributed by atoms with Crippen molar-refractivity contribution in [3.63, 3.8) is 0 Å². The number of nitrogens with zero attached hydrogens (tertiary/aromatic N) is 1. The van der Waals surface area contributed by atoms with E-state index in [0.29, 0.717) is 15.6 Å². The molecule has 0 spiro atoms. The Bertz CT molecular complexity index is 510. The third-order valence-corrected chi connectivity index (χ3v) is 3.29. The molecule has 2 nitrogen and oxygen atoms in total. The molecule has 2 aromatic rings. The monoisotopic (exact) mass is 208 g/mol. The molecule has 0 saturated carbocycles. The first-order valence-electron chi connectivity index (χ1n) is 3.60. The number of nitrogens with two attached hydrogens (primary N) is 1. The van der Waals surface area contributed by atoms with E-state index in [4.69, 9.17) is 22.6 Å². The third kappa shape index (κ3) is 1.15. The molecular formula is C9H5ClN2S. The molecule has 0 aliphatic carbocycles. The Labute approximate surface area is 84.2 Å². The molecule has 2 N–H and O–H groups in total. The molecule has 64 valence electrons. The van der Waals surface area contributed by atoms with Gasteiger partial charge >= 0.3 is 0 Å². The topological polar surface area (TPSA) is 49.8 Å². The number of halogens is 1. The van der Waals surface area contributed by atoms with Crippen molar-refractivity contribution >= 4 is 38.0 Å². The fourth-order valence-corrected chi connectivity index (χ4v) is 2.49. The molecule has 0 aliphatic heterocycles. The predicted molar refractivity (Wildman–Crippen MR) is 56.0 cm³/mol. The zero-order valence-corrected chi connectivity index (χ0v) is 8.12. The third-order valence-electron chi connectivity index (χ3n) is 1.80. The summed E-state index contributed by atoms with van der Waals surface area (Å²) in [5.74, 6) is 0. The highest BCUT2D eigenvalue weighted by Crippen LogP contribution is 2.38. The second kappa shape index (κ2) is 2.91. The first-order valence-corrected chi connectivity index (χ1v) is 4.80. The highest BCUT2D eigenvalue weighted by molar-refractivity contribution is 7.23. The first kappa shape index (κ1) is 8.36. The van der Waals surface area contributed by atoms with Crippen LogP contribution in [0.2, 0.25) is 5.02 Å². The van der Waals surface area contributed by atoms with Gasteiger partial charge in [-0.1, -0.05) is 17.7 Å². The van der Waals surface area contributed by atoms with Gasteiger partial charge in [0.1, 0.15) is 5.00 Å². The van der Waals surface area contributed by atoms with Crippen molar-refractivity contribution in [1.29, 1.82) is 5.26 Å². The lowest BCUT2D eigenvalue weighted by molar-refractivity contribution is 1.51. The van der Waals surface area contributed by atoms with Gasteiger partial charge in [-0.2, -0.15) is 5.26 Å². The Balaban J connectivity index is 2.97. The Hall–Kier alpha value is -1.24. The smallest absolute Gasteiger partial charge is 0.106 e. The van der Waals surface area contributed by atoms with Gasteiger partial charge in [-0.3, -0.25) is 0 Å². The molecule has 0 aliphatic rings. The predicted octanol–water partition coefficient (Wildman–Crippen LogP) is 3.01. The summed E-state index contributed by atoms with van der Waals surface area (Å²) in [6.45, 7) is 0. The molecule has 1 heterocycles. The lowest BCUT2D eigenvalue weighted by Gasteiger charge is -1.92. The number of nitriles is 1. The minimum absolute atomic E-state index is 0.497. The molecule has 4 heteroatoms. The van der Waals surface area contributed by atoms with E-state index in [-0.39, 0.29) is 0 Å². The Morgan fingerprint density at radius 2 is 2.23 bits per heavy atom. The normalized spacial score (nSPS) is 10.2. The SMILES string of the molecule is N#Cc1cccc2sc(N)c(Cl)c12. The number of hydrogen-bond acceptors (Lipinski definition) is 3. The zero-order valence-electron chi connectivity index (χ0n) is 6.54. The van der Waals surface area contributed by atoms with E-state index < -0.39 is 0 Å². The van der Waals surface area contributed by atoms with E-state index in [0.717, 1.165) is 10.1 Å². The number of nitrogen functional groups attached to an aromatic ring is 1. The van der Waals surface area contributed by atoms with Gasteiger partial charge in [-0.25, -0.2) is 0 Å². The summed E-state index contributed by atoms with van der Waals surface area (Å²) in [6.07, 6.45) is 0. The van der Waals surface area contributed by atoms with E-state index in [9.17, 15) is 0 Å². The van der Waals surface area contributed by atoms with Crippen LogP contribution in [0.4, 0.5) is 5.00 Å². The van der Waals surface area contributed by atoms with Crippen LogP contribution in [-0.4, -0.2) is 0 Å². The number of anilines is 1. The van der Waals surface area contributed by atoms with Crippen LogP contribution in [0.15, 0.2) is 18.2 Å². The van der Waals surface area contributed by atoms with Gasteiger partial charge in [0, 0.05) is 10.1 Å². The molecule has 0 radical (unpaired) electrons. The summed E-state index contributed by atoms with van der Waals surface area (Å²) in [7, 11) is 0. The number of benzene rings is 1. The summed E-state index contributed by atoms with van der Waals surface area (Å²) >= 11 is 7.36. The number of fused-ring (bicyclic) bond motifs is 1. The number of thiophene rings is 1. The molecular weight excluding hydrogens is 204 g/mol. The summed E-state index contributed by atoms with van der Waals surface area (Å²) in [4.78, 5) is 0. The van der Waals surface area contributed by atoms with E-state index >= 15 is 0 Å². The van der Waals surface area contributed by atoms with Crippen LogP contribution in [0, 0.1) is 11.3 Å². The standard InChI is InChI=1S/C9H5ClN2S/c10-8-7-5(4-11)2-1-3-6(7)13-9(8)12/h1-3H,12H2. The molecule has 0 saturated heterocycles. The maximum Gasteiger partial charge on any atom is 0.106 e. The Morgan fingerprint density at radius 3 is 2.92 bits per heavy atom. The largest absolute Gasteiger partial charge is 0.389 e. The second-order valence-corrected chi connectivity index (χ2v) is 4.03. The first-order chi connectivity index (χ1) is 6.24. The summed E-state index contributed by atoms with van der Waals surface area (Å²) in [5, 5.41) is 10.7. The summed E-state index contributed by atoms with van der Waals surface area (Å²) in [5.41, 5.74) is 6.23. The van der Waals surface area contributed by atoms with Crippen molar-refractivity contribution in [1.82, 2.24) is 0 Å².